The number of ether oxygens (including phenoxy) is 1. The number of aryl methyl sites for hydroxylation is 1. The van der Waals surface area contributed by atoms with Crippen molar-refractivity contribution >= 4 is 45.0 Å². The van der Waals surface area contributed by atoms with Gasteiger partial charge < -0.3 is 20.3 Å². The lowest BCUT2D eigenvalue weighted by molar-refractivity contribution is 0.215. The molecule has 1 atom stereocenters. The van der Waals surface area contributed by atoms with E-state index in [1.165, 1.54) is 36.8 Å². The Labute approximate surface area is 251 Å². The highest BCUT2D eigenvalue weighted by Crippen LogP contribution is 2.41. The summed E-state index contributed by atoms with van der Waals surface area (Å²) in [6, 6.07) is 12.6. The van der Waals surface area contributed by atoms with E-state index in [4.69, 9.17) is 14.7 Å². The van der Waals surface area contributed by atoms with Gasteiger partial charge in [-0.15, -0.1) is 0 Å². The number of hydrogen-bond donors (Lipinski definition) is 3. The number of rotatable bonds is 10. The molecule has 1 fully saturated rings. The van der Waals surface area contributed by atoms with Crippen molar-refractivity contribution in [2.24, 2.45) is 0 Å². The number of anilines is 4. The minimum atomic E-state index is -1.17. The number of nitrogens with zero attached hydrogens (tertiary/aromatic N) is 4. The first-order valence-electron chi connectivity index (χ1n) is 14.8. The Morgan fingerprint density at radius 2 is 1.74 bits per heavy atom. The number of aromatic nitrogens is 4. The third kappa shape index (κ3) is 6.60. The van der Waals surface area contributed by atoms with Crippen LogP contribution >= 0.6 is 0 Å². The van der Waals surface area contributed by atoms with Crippen molar-refractivity contribution in [3.8, 4) is 5.75 Å². The number of benzene rings is 2. The lowest BCUT2D eigenvalue weighted by Crippen LogP contribution is -2.31. The van der Waals surface area contributed by atoms with E-state index < -0.39 is 10.8 Å². The number of aromatic amines is 1. The number of hydrogen-bond acceptors (Lipinski definition) is 8. The van der Waals surface area contributed by atoms with E-state index in [2.05, 4.69) is 58.9 Å². The van der Waals surface area contributed by atoms with Crippen LogP contribution in [0.25, 0.3) is 11.0 Å². The van der Waals surface area contributed by atoms with Gasteiger partial charge in [-0.2, -0.15) is 15.1 Å². The van der Waals surface area contributed by atoms with Crippen LogP contribution in [0.5, 0.6) is 5.75 Å². The van der Waals surface area contributed by atoms with Crippen LogP contribution in [-0.2, 0) is 10.8 Å². The molecule has 3 N–H and O–H groups in total. The summed E-state index contributed by atoms with van der Waals surface area (Å²) < 4.78 is 19.3. The van der Waals surface area contributed by atoms with Crippen molar-refractivity contribution in [3.05, 3.63) is 53.7 Å². The SMILES string of the molecule is Cc1cc(Nc2nc(Nc3ccccc3S(=O)C(C)C)c3cn[nH]c3n2)c(OC(C)C)cc1C1CCC(N(C)C)CC1. The highest BCUT2D eigenvalue weighted by molar-refractivity contribution is 7.85. The molecule has 1 aliphatic rings. The van der Waals surface area contributed by atoms with E-state index in [1.807, 2.05) is 52.0 Å². The fourth-order valence-corrected chi connectivity index (χ4v) is 6.79. The Kier molecular flexibility index (Phi) is 9.13. The number of nitrogens with one attached hydrogen (secondary N) is 3. The van der Waals surface area contributed by atoms with Gasteiger partial charge in [-0.05, 0) is 102 Å². The lowest BCUT2D eigenvalue weighted by atomic mass is 9.80. The molecule has 10 heteroatoms. The molecule has 4 aromatic rings. The van der Waals surface area contributed by atoms with Crippen molar-refractivity contribution in [3.63, 3.8) is 0 Å². The van der Waals surface area contributed by atoms with Crippen molar-refractivity contribution in [1.82, 2.24) is 25.1 Å². The third-order valence-corrected chi connectivity index (χ3v) is 9.58. The summed E-state index contributed by atoms with van der Waals surface area (Å²) in [5, 5.41) is 14.7. The summed E-state index contributed by atoms with van der Waals surface area (Å²) in [5.74, 6) is 2.29. The molecule has 2 aromatic heterocycles. The van der Waals surface area contributed by atoms with Crippen molar-refractivity contribution in [2.75, 3.05) is 24.7 Å². The van der Waals surface area contributed by atoms with Gasteiger partial charge in [-0.1, -0.05) is 26.0 Å². The number of para-hydroxylation sites is 1. The molecule has 0 amide bonds. The molecule has 2 aromatic carbocycles. The molecule has 1 aliphatic carbocycles. The minimum Gasteiger partial charge on any atom is -0.489 e. The zero-order valence-electron chi connectivity index (χ0n) is 25.7. The van der Waals surface area contributed by atoms with Crippen molar-refractivity contribution in [2.45, 2.75) is 88.5 Å². The molecule has 2 heterocycles. The molecule has 0 spiro atoms. The monoisotopic (exact) mass is 589 g/mol. The molecule has 224 valence electrons. The van der Waals surface area contributed by atoms with E-state index in [0.717, 1.165) is 27.4 Å². The lowest BCUT2D eigenvalue weighted by Gasteiger charge is -2.33. The summed E-state index contributed by atoms with van der Waals surface area (Å²) >= 11 is 0. The second kappa shape index (κ2) is 12.8. The van der Waals surface area contributed by atoms with Gasteiger partial charge in [0.2, 0.25) is 5.95 Å². The van der Waals surface area contributed by atoms with Crippen LogP contribution in [0.1, 0.15) is 70.4 Å². The van der Waals surface area contributed by atoms with Gasteiger partial charge in [0.05, 0.1) is 44.8 Å². The van der Waals surface area contributed by atoms with E-state index in [-0.39, 0.29) is 11.4 Å². The third-order valence-electron chi connectivity index (χ3n) is 7.94. The Morgan fingerprint density at radius 1 is 1.00 bits per heavy atom. The Bertz CT molecular complexity index is 1560. The topological polar surface area (TPSA) is 108 Å². The fraction of sp³-hybridized carbons (Fsp3) is 0.469. The standard InChI is InChI=1S/C32H43N7O2S/c1-19(2)41-28-17-24(22-12-14-23(15-13-22)39(6)7)21(5)16-27(28)35-32-36-30(25-18-33-38-31(25)37-32)34-26-10-8-9-11-29(26)42(40)20(3)4/h8-11,16-20,22-23H,12-15H2,1-7H3,(H3,33,34,35,36,37,38). The normalized spacial score (nSPS) is 18.1. The molecule has 5 rings (SSSR count). The quantitative estimate of drug-likeness (QED) is 0.181. The van der Waals surface area contributed by atoms with Crippen LogP contribution in [0.2, 0.25) is 0 Å². The Balaban J connectivity index is 1.47. The van der Waals surface area contributed by atoms with Crippen LogP contribution in [0, 0.1) is 6.92 Å². The second-order valence-electron chi connectivity index (χ2n) is 12.0. The van der Waals surface area contributed by atoms with Gasteiger partial charge in [0, 0.05) is 11.3 Å². The number of fused-ring (bicyclic) bond motifs is 1. The maximum atomic E-state index is 13.0. The van der Waals surface area contributed by atoms with E-state index in [0.29, 0.717) is 29.4 Å². The molecular weight excluding hydrogens is 546 g/mol. The Hall–Kier alpha value is -3.50. The van der Waals surface area contributed by atoms with Crippen LogP contribution in [0.4, 0.5) is 23.1 Å². The summed E-state index contributed by atoms with van der Waals surface area (Å²) in [6.45, 7) is 10.2. The molecule has 0 radical (unpaired) electrons. The van der Waals surface area contributed by atoms with Crippen LogP contribution in [0.3, 0.4) is 0 Å². The predicted molar refractivity (Wildman–Crippen MR) is 172 cm³/mol. The second-order valence-corrected chi connectivity index (χ2v) is 13.9. The molecule has 0 aliphatic heterocycles. The zero-order chi connectivity index (χ0) is 30.0. The predicted octanol–water partition coefficient (Wildman–Crippen LogP) is 7.04. The first-order valence-corrected chi connectivity index (χ1v) is 16.0. The molecule has 1 saturated carbocycles. The molecule has 0 saturated heterocycles. The van der Waals surface area contributed by atoms with Gasteiger partial charge >= 0.3 is 0 Å². The fourth-order valence-electron chi connectivity index (χ4n) is 5.73. The largest absolute Gasteiger partial charge is 0.489 e. The molecule has 1 unspecified atom stereocenters. The highest BCUT2D eigenvalue weighted by atomic mass is 32.2. The van der Waals surface area contributed by atoms with Gasteiger partial charge in [0.25, 0.3) is 0 Å². The molecule has 0 bridgehead atoms. The number of H-pyrrole nitrogens is 1. The Morgan fingerprint density at radius 3 is 2.43 bits per heavy atom. The average Bonchev–Trinajstić information content (AvgIpc) is 3.43. The average molecular weight is 590 g/mol. The van der Waals surface area contributed by atoms with Crippen LogP contribution < -0.4 is 15.4 Å². The first kappa shape index (κ1) is 30.0. The molecule has 42 heavy (non-hydrogen) atoms. The first-order chi connectivity index (χ1) is 20.1. The van der Waals surface area contributed by atoms with E-state index >= 15 is 0 Å². The summed E-state index contributed by atoms with van der Waals surface area (Å²) in [7, 11) is 3.20. The van der Waals surface area contributed by atoms with Gasteiger partial charge in [0.1, 0.15) is 11.6 Å². The van der Waals surface area contributed by atoms with Crippen LogP contribution in [0.15, 0.2) is 47.5 Å². The highest BCUT2D eigenvalue weighted by Gasteiger charge is 2.26. The summed E-state index contributed by atoms with van der Waals surface area (Å²) in [6.07, 6.45) is 6.47. The summed E-state index contributed by atoms with van der Waals surface area (Å²) in [4.78, 5) is 12.6. The van der Waals surface area contributed by atoms with Crippen molar-refractivity contribution in [1.29, 1.82) is 0 Å². The van der Waals surface area contributed by atoms with E-state index in [9.17, 15) is 4.21 Å². The molecular formula is C32H43N7O2S. The minimum absolute atomic E-state index is 0.0112. The maximum absolute atomic E-state index is 13.0. The van der Waals surface area contributed by atoms with Crippen molar-refractivity contribution < 1.29 is 8.95 Å². The molecule has 9 nitrogen and oxygen atoms in total. The smallest absolute Gasteiger partial charge is 0.231 e. The zero-order valence-corrected chi connectivity index (χ0v) is 26.5. The van der Waals surface area contributed by atoms with E-state index in [1.54, 1.807) is 6.20 Å². The van der Waals surface area contributed by atoms with Crippen LogP contribution in [-0.4, -0.2) is 60.8 Å². The van der Waals surface area contributed by atoms with Gasteiger partial charge in [-0.25, -0.2) is 0 Å². The maximum Gasteiger partial charge on any atom is 0.231 e. The summed E-state index contributed by atoms with van der Waals surface area (Å²) in [5.41, 5.74) is 4.74. The van der Waals surface area contributed by atoms with Gasteiger partial charge in [0.15, 0.2) is 5.65 Å². The van der Waals surface area contributed by atoms with Gasteiger partial charge in [-0.3, -0.25) is 9.31 Å².